The summed E-state index contributed by atoms with van der Waals surface area (Å²) >= 11 is 5.99. The molecule has 1 atom stereocenters. The quantitative estimate of drug-likeness (QED) is 0.731. The van der Waals surface area contributed by atoms with Gasteiger partial charge in [-0.15, -0.1) is 0 Å². The number of benzene rings is 2. The Balaban J connectivity index is 1.77. The fourth-order valence-corrected chi connectivity index (χ4v) is 2.69. The molecule has 25 heavy (non-hydrogen) atoms. The molecule has 2 aromatic carbocycles. The van der Waals surface area contributed by atoms with E-state index in [1.54, 1.807) is 19.2 Å². The average molecular weight is 357 g/mol. The normalized spacial score (nSPS) is 11.8. The van der Waals surface area contributed by atoms with Gasteiger partial charge in [0.05, 0.1) is 18.7 Å². The molecule has 0 bridgehead atoms. The standard InChI is InChI=1S/C19H17ClN2O3/c1-12(13-6-5-7-14(20)10-13)21-19(23)16-11-18(25-22-16)15-8-3-4-9-17(15)24-2/h3-12H,1-2H3,(H,21,23). The Labute approximate surface area is 150 Å². The SMILES string of the molecule is COc1ccccc1-c1cc(C(=O)NC(C)c2cccc(Cl)c2)no1. The molecule has 0 saturated heterocycles. The van der Waals surface area contributed by atoms with Gasteiger partial charge in [0.15, 0.2) is 11.5 Å². The summed E-state index contributed by atoms with van der Waals surface area (Å²) in [6.07, 6.45) is 0. The van der Waals surface area contributed by atoms with Gasteiger partial charge < -0.3 is 14.6 Å². The van der Waals surface area contributed by atoms with Crippen LogP contribution >= 0.6 is 11.6 Å². The Morgan fingerprint density at radius 1 is 1.20 bits per heavy atom. The lowest BCUT2D eigenvalue weighted by Gasteiger charge is -2.13. The molecular weight excluding hydrogens is 340 g/mol. The van der Waals surface area contributed by atoms with E-state index in [4.69, 9.17) is 20.9 Å². The van der Waals surface area contributed by atoms with Crippen molar-refractivity contribution in [1.29, 1.82) is 0 Å². The first kappa shape index (κ1) is 17.0. The monoisotopic (exact) mass is 356 g/mol. The first-order chi connectivity index (χ1) is 12.1. The van der Waals surface area contributed by atoms with Crippen LogP contribution in [0.25, 0.3) is 11.3 Å². The number of amides is 1. The van der Waals surface area contributed by atoms with E-state index in [1.165, 1.54) is 0 Å². The third kappa shape index (κ3) is 3.83. The molecule has 0 aliphatic heterocycles. The summed E-state index contributed by atoms with van der Waals surface area (Å²) in [5, 5.41) is 7.37. The van der Waals surface area contributed by atoms with Gasteiger partial charge in [-0.2, -0.15) is 0 Å². The van der Waals surface area contributed by atoms with Crippen molar-refractivity contribution in [3.05, 3.63) is 70.9 Å². The van der Waals surface area contributed by atoms with E-state index in [0.717, 1.165) is 11.1 Å². The zero-order valence-electron chi connectivity index (χ0n) is 13.8. The number of carbonyl (C=O) groups excluding carboxylic acids is 1. The fourth-order valence-electron chi connectivity index (χ4n) is 2.49. The largest absolute Gasteiger partial charge is 0.496 e. The summed E-state index contributed by atoms with van der Waals surface area (Å²) in [4.78, 5) is 12.4. The predicted octanol–water partition coefficient (Wildman–Crippen LogP) is 4.49. The van der Waals surface area contributed by atoms with Gasteiger partial charge in [-0.05, 0) is 36.8 Å². The highest BCUT2D eigenvalue weighted by Crippen LogP contribution is 2.30. The maximum absolute atomic E-state index is 12.4. The van der Waals surface area contributed by atoms with Crippen LogP contribution in [0.3, 0.4) is 0 Å². The highest BCUT2D eigenvalue weighted by atomic mass is 35.5. The number of methoxy groups -OCH3 is 1. The summed E-state index contributed by atoms with van der Waals surface area (Å²) in [5.41, 5.74) is 1.85. The lowest BCUT2D eigenvalue weighted by atomic mass is 10.1. The van der Waals surface area contributed by atoms with Gasteiger partial charge in [-0.25, -0.2) is 0 Å². The molecular formula is C19H17ClN2O3. The first-order valence-electron chi connectivity index (χ1n) is 7.75. The number of halogens is 1. The lowest BCUT2D eigenvalue weighted by Crippen LogP contribution is -2.26. The van der Waals surface area contributed by atoms with Gasteiger partial charge in [0.1, 0.15) is 5.75 Å². The molecule has 128 valence electrons. The summed E-state index contributed by atoms with van der Waals surface area (Å²) in [6, 6.07) is 16.1. The smallest absolute Gasteiger partial charge is 0.273 e. The van der Waals surface area contributed by atoms with Crippen molar-refractivity contribution in [3.63, 3.8) is 0 Å². The maximum atomic E-state index is 12.4. The van der Waals surface area contributed by atoms with E-state index >= 15 is 0 Å². The minimum absolute atomic E-state index is 0.204. The van der Waals surface area contributed by atoms with Crippen LogP contribution in [0.15, 0.2) is 59.1 Å². The Bertz CT molecular complexity index is 892. The highest BCUT2D eigenvalue weighted by molar-refractivity contribution is 6.30. The number of para-hydroxylation sites is 1. The van der Waals surface area contributed by atoms with E-state index in [2.05, 4.69) is 10.5 Å². The molecule has 1 N–H and O–H groups in total. The minimum atomic E-state index is -0.322. The molecule has 0 aliphatic rings. The Morgan fingerprint density at radius 2 is 2.00 bits per heavy atom. The molecule has 1 amide bonds. The van der Waals surface area contributed by atoms with Crippen molar-refractivity contribution in [2.45, 2.75) is 13.0 Å². The van der Waals surface area contributed by atoms with Crippen LogP contribution in [0.4, 0.5) is 0 Å². The van der Waals surface area contributed by atoms with Crippen LogP contribution in [0.2, 0.25) is 5.02 Å². The van der Waals surface area contributed by atoms with Gasteiger partial charge in [0.2, 0.25) is 0 Å². The van der Waals surface area contributed by atoms with Crippen LogP contribution < -0.4 is 10.1 Å². The van der Waals surface area contributed by atoms with Gasteiger partial charge in [0, 0.05) is 11.1 Å². The number of hydrogen-bond acceptors (Lipinski definition) is 4. The second-order valence-electron chi connectivity index (χ2n) is 5.53. The van der Waals surface area contributed by atoms with Crippen LogP contribution in [0, 0.1) is 0 Å². The second kappa shape index (κ2) is 7.40. The number of nitrogens with zero attached hydrogens (tertiary/aromatic N) is 1. The Morgan fingerprint density at radius 3 is 2.76 bits per heavy atom. The molecule has 1 heterocycles. The average Bonchev–Trinajstić information content (AvgIpc) is 3.11. The molecule has 0 spiro atoms. The summed E-state index contributed by atoms with van der Waals surface area (Å²) < 4.78 is 10.6. The molecule has 3 rings (SSSR count). The van der Waals surface area contributed by atoms with Crippen LogP contribution in [0.1, 0.15) is 29.0 Å². The third-order valence-electron chi connectivity index (χ3n) is 3.81. The molecule has 6 heteroatoms. The molecule has 0 aliphatic carbocycles. The highest BCUT2D eigenvalue weighted by Gasteiger charge is 2.18. The number of carbonyl (C=O) groups is 1. The van der Waals surface area contributed by atoms with Crippen molar-refractivity contribution in [2.24, 2.45) is 0 Å². The predicted molar refractivity (Wildman–Crippen MR) is 95.8 cm³/mol. The van der Waals surface area contributed by atoms with Crippen molar-refractivity contribution >= 4 is 17.5 Å². The third-order valence-corrected chi connectivity index (χ3v) is 4.05. The molecule has 0 fully saturated rings. The van der Waals surface area contributed by atoms with Crippen LogP contribution in [0.5, 0.6) is 5.75 Å². The molecule has 3 aromatic rings. The fraction of sp³-hybridized carbons (Fsp3) is 0.158. The Hall–Kier alpha value is -2.79. The minimum Gasteiger partial charge on any atom is -0.496 e. The van der Waals surface area contributed by atoms with Gasteiger partial charge in [-0.1, -0.05) is 41.0 Å². The van der Waals surface area contributed by atoms with E-state index in [1.807, 2.05) is 49.4 Å². The van der Waals surface area contributed by atoms with Crippen LogP contribution in [-0.4, -0.2) is 18.2 Å². The number of ether oxygens (including phenoxy) is 1. The molecule has 5 nitrogen and oxygen atoms in total. The van der Waals surface area contributed by atoms with E-state index < -0.39 is 0 Å². The van der Waals surface area contributed by atoms with Crippen LogP contribution in [-0.2, 0) is 0 Å². The maximum Gasteiger partial charge on any atom is 0.273 e. The number of rotatable bonds is 5. The molecule has 1 aromatic heterocycles. The topological polar surface area (TPSA) is 64.4 Å². The molecule has 0 radical (unpaired) electrons. The van der Waals surface area contributed by atoms with Crippen molar-refractivity contribution in [2.75, 3.05) is 7.11 Å². The Kier molecular flexibility index (Phi) is 5.05. The van der Waals surface area contributed by atoms with E-state index in [9.17, 15) is 4.79 Å². The van der Waals surface area contributed by atoms with Gasteiger partial charge >= 0.3 is 0 Å². The summed E-state index contributed by atoms with van der Waals surface area (Å²) in [6.45, 7) is 1.88. The van der Waals surface area contributed by atoms with E-state index in [-0.39, 0.29) is 17.6 Å². The van der Waals surface area contributed by atoms with Gasteiger partial charge in [-0.3, -0.25) is 4.79 Å². The lowest BCUT2D eigenvalue weighted by molar-refractivity contribution is 0.0931. The molecule has 0 saturated carbocycles. The van der Waals surface area contributed by atoms with Crippen molar-refractivity contribution in [3.8, 4) is 17.1 Å². The zero-order chi connectivity index (χ0) is 17.8. The van der Waals surface area contributed by atoms with E-state index in [0.29, 0.717) is 16.5 Å². The van der Waals surface area contributed by atoms with Crippen molar-refractivity contribution < 1.29 is 14.1 Å². The summed E-state index contributed by atoms with van der Waals surface area (Å²) in [7, 11) is 1.58. The first-order valence-corrected chi connectivity index (χ1v) is 8.12. The summed E-state index contributed by atoms with van der Waals surface area (Å²) in [5.74, 6) is 0.799. The second-order valence-corrected chi connectivity index (χ2v) is 5.96. The number of nitrogens with one attached hydrogen (secondary N) is 1. The van der Waals surface area contributed by atoms with Crippen molar-refractivity contribution in [1.82, 2.24) is 10.5 Å². The number of hydrogen-bond donors (Lipinski definition) is 1. The van der Waals surface area contributed by atoms with Gasteiger partial charge in [0.25, 0.3) is 5.91 Å². The zero-order valence-corrected chi connectivity index (χ0v) is 14.6. The molecule has 1 unspecified atom stereocenters. The number of aromatic nitrogens is 1.